The molecule has 2 amide bonds. The Morgan fingerprint density at radius 3 is 2.46 bits per heavy atom. The van der Waals surface area contributed by atoms with Crippen molar-refractivity contribution >= 4 is 57.0 Å². The van der Waals surface area contributed by atoms with Gasteiger partial charge in [0.1, 0.15) is 10.9 Å². The number of nitrogens with one attached hydrogen (secondary N) is 2. The fourth-order valence-electron chi connectivity index (χ4n) is 3.54. The van der Waals surface area contributed by atoms with Crippen LogP contribution in [0.25, 0.3) is 0 Å². The van der Waals surface area contributed by atoms with Gasteiger partial charge < -0.3 is 10.6 Å². The second-order valence-corrected chi connectivity index (χ2v) is 9.97. The molecule has 0 aliphatic heterocycles. The standard InChI is InChI=1S/C21H24Cl2N2O2S/c1-21(2,3)12-4-9-15-16(10-12)28-20(25-17(26)11-22)18(15)19(27)24-14-7-5-13(23)6-8-14/h5-8,12H,4,9-11H2,1-3H3,(H,24,27)(H,25,26)/t12-/m0/s1. The quantitative estimate of drug-likeness (QED) is 0.576. The van der Waals surface area contributed by atoms with Crippen LogP contribution >= 0.6 is 34.5 Å². The van der Waals surface area contributed by atoms with Crippen LogP contribution in [0.4, 0.5) is 10.7 Å². The van der Waals surface area contributed by atoms with Gasteiger partial charge in [0.2, 0.25) is 5.91 Å². The van der Waals surface area contributed by atoms with Crippen molar-refractivity contribution in [2.75, 3.05) is 16.5 Å². The highest BCUT2D eigenvalue weighted by atomic mass is 35.5. The maximum absolute atomic E-state index is 13.1. The maximum Gasteiger partial charge on any atom is 0.258 e. The van der Waals surface area contributed by atoms with Crippen molar-refractivity contribution < 1.29 is 9.59 Å². The van der Waals surface area contributed by atoms with Crippen LogP contribution in [0.3, 0.4) is 0 Å². The van der Waals surface area contributed by atoms with Crippen LogP contribution in [0.15, 0.2) is 24.3 Å². The molecule has 1 heterocycles. The third kappa shape index (κ3) is 4.70. The summed E-state index contributed by atoms with van der Waals surface area (Å²) in [6, 6.07) is 6.96. The van der Waals surface area contributed by atoms with Crippen LogP contribution < -0.4 is 10.6 Å². The minimum absolute atomic E-state index is 0.147. The van der Waals surface area contributed by atoms with E-state index in [1.54, 1.807) is 24.3 Å². The fraction of sp³-hybridized carbons (Fsp3) is 0.429. The average Bonchev–Trinajstić information content (AvgIpc) is 2.99. The third-order valence-electron chi connectivity index (χ3n) is 5.19. The van der Waals surface area contributed by atoms with Gasteiger partial charge in [-0.15, -0.1) is 22.9 Å². The van der Waals surface area contributed by atoms with Crippen molar-refractivity contribution in [1.29, 1.82) is 0 Å². The average molecular weight is 439 g/mol. The van der Waals surface area contributed by atoms with E-state index in [2.05, 4.69) is 31.4 Å². The summed E-state index contributed by atoms with van der Waals surface area (Å²) in [6.45, 7) is 6.75. The lowest BCUT2D eigenvalue weighted by Crippen LogP contribution is -2.27. The minimum Gasteiger partial charge on any atom is -0.322 e. The lowest BCUT2D eigenvalue weighted by molar-refractivity contribution is -0.113. The highest BCUT2D eigenvalue weighted by Gasteiger charge is 2.34. The Morgan fingerprint density at radius 2 is 1.86 bits per heavy atom. The normalized spacial score (nSPS) is 16.4. The van der Waals surface area contributed by atoms with Crippen LogP contribution in [0.1, 0.15) is 48.0 Å². The number of alkyl halides is 1. The highest BCUT2D eigenvalue weighted by molar-refractivity contribution is 7.17. The van der Waals surface area contributed by atoms with Gasteiger partial charge in [0.05, 0.1) is 5.56 Å². The van der Waals surface area contributed by atoms with Gasteiger partial charge >= 0.3 is 0 Å². The molecule has 0 bridgehead atoms. The first-order valence-corrected chi connectivity index (χ1v) is 11.0. The molecule has 1 aliphatic carbocycles. The Kier molecular flexibility index (Phi) is 6.37. The van der Waals surface area contributed by atoms with E-state index in [1.165, 1.54) is 16.2 Å². The van der Waals surface area contributed by atoms with Gasteiger partial charge in [-0.2, -0.15) is 0 Å². The number of carbonyl (C=O) groups is 2. The Hall–Kier alpha value is -1.56. The molecule has 2 N–H and O–H groups in total. The van der Waals surface area contributed by atoms with E-state index in [9.17, 15) is 9.59 Å². The van der Waals surface area contributed by atoms with Crippen LogP contribution in [0.5, 0.6) is 0 Å². The lowest BCUT2D eigenvalue weighted by atomic mass is 9.72. The van der Waals surface area contributed by atoms with E-state index in [1.807, 2.05) is 0 Å². The number of hydrogen-bond donors (Lipinski definition) is 2. The molecule has 2 aromatic rings. The molecule has 0 radical (unpaired) electrons. The molecule has 1 aromatic heterocycles. The number of benzene rings is 1. The molecule has 0 fully saturated rings. The monoisotopic (exact) mass is 438 g/mol. The van der Waals surface area contributed by atoms with E-state index >= 15 is 0 Å². The van der Waals surface area contributed by atoms with Crippen LogP contribution in [-0.2, 0) is 17.6 Å². The number of carbonyl (C=O) groups excluding carboxylic acids is 2. The van der Waals surface area contributed by atoms with Gasteiger partial charge in [-0.05, 0) is 60.4 Å². The molecule has 4 nitrogen and oxygen atoms in total. The first-order valence-electron chi connectivity index (χ1n) is 9.26. The van der Waals surface area contributed by atoms with Gasteiger partial charge in [-0.1, -0.05) is 32.4 Å². The van der Waals surface area contributed by atoms with E-state index in [0.29, 0.717) is 27.2 Å². The summed E-state index contributed by atoms with van der Waals surface area (Å²) in [5, 5.41) is 6.92. The summed E-state index contributed by atoms with van der Waals surface area (Å²) in [5.74, 6) is -0.139. The summed E-state index contributed by atoms with van der Waals surface area (Å²) in [6.07, 6.45) is 2.77. The molecular formula is C21H24Cl2N2O2S. The molecule has 1 atom stereocenters. The molecule has 0 spiro atoms. The molecular weight excluding hydrogens is 415 g/mol. The van der Waals surface area contributed by atoms with Gasteiger partial charge in [0, 0.05) is 15.6 Å². The van der Waals surface area contributed by atoms with E-state index in [-0.39, 0.29) is 23.1 Å². The highest BCUT2D eigenvalue weighted by Crippen LogP contribution is 2.44. The zero-order valence-corrected chi connectivity index (χ0v) is 18.5. The zero-order valence-electron chi connectivity index (χ0n) is 16.2. The first-order chi connectivity index (χ1) is 13.2. The Labute approximate surface area is 179 Å². The molecule has 3 rings (SSSR count). The molecule has 0 saturated heterocycles. The number of amides is 2. The first kappa shape index (κ1) is 21.2. The second-order valence-electron chi connectivity index (χ2n) is 8.16. The van der Waals surface area contributed by atoms with Crippen molar-refractivity contribution in [3.8, 4) is 0 Å². The summed E-state index contributed by atoms with van der Waals surface area (Å²) >= 11 is 13.1. The number of fused-ring (bicyclic) bond motifs is 1. The summed E-state index contributed by atoms with van der Waals surface area (Å²) < 4.78 is 0. The molecule has 0 unspecified atom stereocenters. The zero-order chi connectivity index (χ0) is 20.5. The number of halogens is 2. The van der Waals surface area contributed by atoms with Gasteiger partial charge in [-0.25, -0.2) is 0 Å². The van der Waals surface area contributed by atoms with E-state index in [4.69, 9.17) is 23.2 Å². The van der Waals surface area contributed by atoms with Crippen LogP contribution in [0, 0.1) is 11.3 Å². The smallest absolute Gasteiger partial charge is 0.258 e. The lowest BCUT2D eigenvalue weighted by Gasteiger charge is -2.33. The molecule has 150 valence electrons. The van der Waals surface area contributed by atoms with Gasteiger partial charge in [-0.3, -0.25) is 9.59 Å². The molecule has 1 aromatic carbocycles. The largest absolute Gasteiger partial charge is 0.322 e. The topological polar surface area (TPSA) is 58.2 Å². The van der Waals surface area contributed by atoms with Gasteiger partial charge in [0.15, 0.2) is 0 Å². The third-order valence-corrected chi connectivity index (χ3v) is 6.86. The van der Waals surface area contributed by atoms with E-state index < -0.39 is 0 Å². The summed E-state index contributed by atoms with van der Waals surface area (Å²) in [4.78, 5) is 26.2. The fourth-order valence-corrected chi connectivity index (χ4v) is 5.07. The number of thiophene rings is 1. The number of hydrogen-bond acceptors (Lipinski definition) is 3. The van der Waals surface area contributed by atoms with Crippen molar-refractivity contribution in [2.45, 2.75) is 40.0 Å². The Bertz CT molecular complexity index is 885. The maximum atomic E-state index is 13.1. The van der Waals surface area contributed by atoms with Crippen LogP contribution in [-0.4, -0.2) is 17.7 Å². The molecule has 28 heavy (non-hydrogen) atoms. The summed E-state index contributed by atoms with van der Waals surface area (Å²) in [7, 11) is 0. The van der Waals surface area contributed by atoms with Crippen molar-refractivity contribution in [2.24, 2.45) is 11.3 Å². The Balaban J connectivity index is 1.94. The van der Waals surface area contributed by atoms with Crippen molar-refractivity contribution in [3.63, 3.8) is 0 Å². The minimum atomic E-state index is -0.312. The Morgan fingerprint density at radius 1 is 1.18 bits per heavy atom. The van der Waals surface area contributed by atoms with Crippen molar-refractivity contribution in [3.05, 3.63) is 45.3 Å². The van der Waals surface area contributed by atoms with E-state index in [0.717, 1.165) is 24.8 Å². The number of anilines is 2. The predicted octanol–water partition coefficient (Wildman–Crippen LogP) is 5.98. The number of rotatable bonds is 4. The van der Waals surface area contributed by atoms with Crippen molar-refractivity contribution in [1.82, 2.24) is 0 Å². The molecule has 1 aliphatic rings. The molecule has 0 saturated carbocycles. The predicted molar refractivity (Wildman–Crippen MR) is 118 cm³/mol. The molecule has 7 heteroatoms. The van der Waals surface area contributed by atoms with Gasteiger partial charge in [0.25, 0.3) is 5.91 Å². The van der Waals surface area contributed by atoms with Crippen LogP contribution in [0.2, 0.25) is 5.02 Å². The SMILES string of the molecule is CC(C)(C)[C@H]1CCc2c(sc(NC(=O)CCl)c2C(=O)Nc2ccc(Cl)cc2)C1. The summed E-state index contributed by atoms with van der Waals surface area (Å²) in [5.41, 5.74) is 2.46. The second kappa shape index (κ2) is 8.44.